The number of pyridine rings is 1. The molecule has 2 aliphatic rings. The van der Waals surface area contributed by atoms with Gasteiger partial charge in [0.15, 0.2) is 0 Å². The summed E-state index contributed by atoms with van der Waals surface area (Å²) in [5.41, 5.74) is 2.22. The number of likely N-dealkylation sites (tertiary alicyclic amines) is 1. The topological polar surface area (TPSA) is 96.0 Å². The molecule has 0 radical (unpaired) electrons. The Kier molecular flexibility index (Phi) is 7.17. The van der Waals surface area contributed by atoms with E-state index in [4.69, 9.17) is 9.47 Å². The maximum atomic E-state index is 13.5. The van der Waals surface area contributed by atoms with Gasteiger partial charge in [-0.25, -0.2) is 9.78 Å². The monoisotopic (exact) mass is 571 g/mol. The maximum absolute atomic E-state index is 13.5. The van der Waals surface area contributed by atoms with E-state index in [0.717, 1.165) is 51.6 Å². The summed E-state index contributed by atoms with van der Waals surface area (Å²) in [5, 5.41) is 7.56. The molecule has 2 aromatic heterocycles. The molecule has 0 bridgehead atoms. The molecular formula is C31H33N5O4S. The van der Waals surface area contributed by atoms with Crippen LogP contribution in [0.2, 0.25) is 0 Å². The molecule has 10 heteroatoms. The van der Waals surface area contributed by atoms with Gasteiger partial charge in [0.2, 0.25) is 0 Å². The summed E-state index contributed by atoms with van der Waals surface area (Å²) < 4.78 is 11.5. The van der Waals surface area contributed by atoms with Crippen molar-refractivity contribution >= 4 is 50.6 Å². The highest BCUT2D eigenvalue weighted by molar-refractivity contribution is 7.21. The van der Waals surface area contributed by atoms with Crippen LogP contribution in [0.15, 0.2) is 66.9 Å². The van der Waals surface area contributed by atoms with E-state index in [1.54, 1.807) is 11.1 Å². The van der Waals surface area contributed by atoms with Crippen molar-refractivity contribution in [3.05, 3.63) is 71.7 Å². The van der Waals surface area contributed by atoms with Crippen LogP contribution in [-0.4, -0.2) is 53.3 Å². The largest absolute Gasteiger partial charge is 0.457 e. The molecule has 2 N–H and O–H groups in total. The normalized spacial score (nSPS) is 16.7. The summed E-state index contributed by atoms with van der Waals surface area (Å²) in [5.74, 6) is 1.39. The van der Waals surface area contributed by atoms with Crippen LogP contribution >= 0.6 is 11.3 Å². The highest BCUT2D eigenvalue weighted by Gasteiger charge is 2.31. The molecule has 2 amide bonds. The molecule has 212 valence electrons. The van der Waals surface area contributed by atoms with E-state index in [1.807, 2.05) is 81.4 Å². The quantitative estimate of drug-likeness (QED) is 0.274. The van der Waals surface area contributed by atoms with Crippen LogP contribution in [0.25, 0.3) is 10.2 Å². The zero-order chi connectivity index (χ0) is 28.6. The van der Waals surface area contributed by atoms with Crippen molar-refractivity contribution in [1.29, 1.82) is 0 Å². The number of rotatable bonds is 5. The average Bonchev–Trinajstić information content (AvgIpc) is 3.34. The number of hydrogen-bond donors (Lipinski definition) is 2. The molecule has 1 atom stereocenters. The van der Waals surface area contributed by atoms with Gasteiger partial charge in [0.1, 0.15) is 26.8 Å². The Balaban J connectivity index is 1.19. The highest BCUT2D eigenvalue weighted by atomic mass is 32.1. The fourth-order valence-electron chi connectivity index (χ4n) is 5.19. The Morgan fingerprint density at radius 3 is 2.56 bits per heavy atom. The van der Waals surface area contributed by atoms with Gasteiger partial charge >= 0.3 is 6.09 Å². The van der Waals surface area contributed by atoms with Crippen LogP contribution in [0.1, 0.15) is 43.3 Å². The number of ether oxygens (including phenoxy) is 2. The summed E-state index contributed by atoms with van der Waals surface area (Å²) in [7, 11) is 0. The minimum absolute atomic E-state index is 0.148. The molecular weight excluding hydrogens is 538 g/mol. The summed E-state index contributed by atoms with van der Waals surface area (Å²) >= 11 is 1.38. The lowest BCUT2D eigenvalue weighted by atomic mass is 10.1. The third-order valence-electron chi connectivity index (χ3n) is 7.02. The van der Waals surface area contributed by atoms with Crippen LogP contribution < -0.4 is 20.3 Å². The van der Waals surface area contributed by atoms with E-state index in [1.165, 1.54) is 11.3 Å². The number of anilines is 3. The third kappa shape index (κ3) is 5.78. The molecule has 6 rings (SSSR count). The molecule has 0 unspecified atom stereocenters. The average molecular weight is 572 g/mol. The Bertz CT molecular complexity index is 1570. The number of amides is 2. The predicted molar refractivity (Wildman–Crippen MR) is 162 cm³/mol. The first-order chi connectivity index (χ1) is 19.7. The van der Waals surface area contributed by atoms with Crippen LogP contribution in [0.4, 0.5) is 21.9 Å². The van der Waals surface area contributed by atoms with Gasteiger partial charge in [-0.3, -0.25) is 4.79 Å². The standard InChI is InChI=1S/C31H33N5O4S/c1-31(2,3)40-30(38)35-17-7-8-20(18-35)34-28(37)27-26-25-24(15-16-32-29(25)41-27)36(19-33-26)21-11-13-23(14-12-21)39-22-9-5-4-6-10-22/h4-6,9-16,20,33H,7-8,17-19H2,1-3H3,(H,34,37)/t20-/m1/s1. The number of piperidine rings is 1. The number of aromatic nitrogens is 1. The zero-order valence-electron chi connectivity index (χ0n) is 23.3. The molecule has 9 nitrogen and oxygen atoms in total. The van der Waals surface area contributed by atoms with Crippen molar-refractivity contribution in [2.45, 2.75) is 45.3 Å². The molecule has 0 aliphatic carbocycles. The van der Waals surface area contributed by atoms with Crippen LogP contribution in [0, 0.1) is 0 Å². The van der Waals surface area contributed by atoms with E-state index in [2.05, 4.69) is 20.5 Å². The van der Waals surface area contributed by atoms with E-state index in [0.29, 0.717) is 24.6 Å². The van der Waals surface area contributed by atoms with E-state index >= 15 is 0 Å². The van der Waals surface area contributed by atoms with E-state index < -0.39 is 5.60 Å². The molecule has 1 fully saturated rings. The van der Waals surface area contributed by atoms with Crippen molar-refractivity contribution in [2.75, 3.05) is 30.0 Å². The predicted octanol–water partition coefficient (Wildman–Crippen LogP) is 6.74. The van der Waals surface area contributed by atoms with Crippen LogP contribution in [0.3, 0.4) is 0 Å². The molecule has 2 aliphatic heterocycles. The second-order valence-electron chi connectivity index (χ2n) is 11.2. The lowest BCUT2D eigenvalue weighted by Gasteiger charge is -2.34. The Labute approximate surface area is 243 Å². The number of benzene rings is 2. The van der Waals surface area contributed by atoms with Gasteiger partial charge in [-0.1, -0.05) is 18.2 Å². The van der Waals surface area contributed by atoms with Crippen molar-refractivity contribution in [3.63, 3.8) is 0 Å². The number of nitrogens with one attached hydrogen (secondary N) is 2. The fraction of sp³-hybridized carbons (Fsp3) is 0.323. The van der Waals surface area contributed by atoms with Crippen molar-refractivity contribution in [1.82, 2.24) is 15.2 Å². The van der Waals surface area contributed by atoms with Gasteiger partial charge in [0, 0.05) is 31.0 Å². The second kappa shape index (κ2) is 10.9. The first kappa shape index (κ1) is 26.9. The SMILES string of the molecule is CC(C)(C)OC(=O)N1CCC[C@@H](NC(=O)c2sc3nccc4c3c2NCN4c2ccc(Oc3ccccc3)cc2)C1. The Morgan fingerprint density at radius 1 is 1.05 bits per heavy atom. The minimum Gasteiger partial charge on any atom is -0.457 e. The highest BCUT2D eigenvalue weighted by Crippen LogP contribution is 2.45. The Morgan fingerprint density at radius 2 is 1.80 bits per heavy atom. The van der Waals surface area contributed by atoms with Crippen molar-refractivity contribution < 1.29 is 19.1 Å². The molecule has 1 saturated heterocycles. The molecule has 0 spiro atoms. The first-order valence-corrected chi connectivity index (χ1v) is 14.6. The number of nitrogens with zero attached hydrogens (tertiary/aromatic N) is 3. The molecule has 2 aromatic carbocycles. The number of thiophene rings is 1. The maximum Gasteiger partial charge on any atom is 0.410 e. The van der Waals surface area contributed by atoms with Gasteiger partial charge in [-0.2, -0.15) is 0 Å². The number of hydrogen-bond acceptors (Lipinski definition) is 8. The van der Waals surface area contributed by atoms with Crippen LogP contribution in [0.5, 0.6) is 11.5 Å². The minimum atomic E-state index is -0.560. The van der Waals surface area contributed by atoms with Gasteiger partial charge in [0.25, 0.3) is 5.91 Å². The van der Waals surface area contributed by atoms with Crippen molar-refractivity contribution in [3.8, 4) is 11.5 Å². The summed E-state index contributed by atoms with van der Waals surface area (Å²) in [6.45, 7) is 7.11. The smallest absolute Gasteiger partial charge is 0.410 e. The van der Waals surface area contributed by atoms with Crippen molar-refractivity contribution in [2.24, 2.45) is 0 Å². The van der Waals surface area contributed by atoms with E-state index in [-0.39, 0.29) is 18.0 Å². The van der Waals surface area contributed by atoms with Gasteiger partial charge in [0.05, 0.1) is 23.4 Å². The second-order valence-corrected chi connectivity index (χ2v) is 12.2. The summed E-state index contributed by atoms with van der Waals surface area (Å²) in [6.07, 6.45) is 3.05. The Hall–Kier alpha value is -4.31. The number of carbonyl (C=O) groups excluding carboxylic acids is 2. The number of carbonyl (C=O) groups is 2. The molecule has 4 heterocycles. The molecule has 0 saturated carbocycles. The van der Waals surface area contributed by atoms with E-state index in [9.17, 15) is 9.59 Å². The first-order valence-electron chi connectivity index (χ1n) is 13.8. The lowest BCUT2D eigenvalue weighted by molar-refractivity contribution is 0.0186. The molecule has 4 aromatic rings. The zero-order valence-corrected chi connectivity index (χ0v) is 24.2. The fourth-order valence-corrected chi connectivity index (χ4v) is 6.23. The third-order valence-corrected chi connectivity index (χ3v) is 8.11. The number of para-hydroxylation sites is 1. The van der Waals surface area contributed by atoms with Crippen LogP contribution in [-0.2, 0) is 4.74 Å². The van der Waals surface area contributed by atoms with Gasteiger partial charge in [-0.05, 0) is 76.1 Å². The summed E-state index contributed by atoms with van der Waals surface area (Å²) in [4.78, 5) is 35.9. The van der Waals surface area contributed by atoms with Gasteiger partial charge < -0.3 is 29.9 Å². The molecule has 41 heavy (non-hydrogen) atoms. The van der Waals surface area contributed by atoms with Gasteiger partial charge in [-0.15, -0.1) is 11.3 Å². The lowest BCUT2D eigenvalue weighted by Crippen LogP contribution is -2.50. The summed E-state index contributed by atoms with van der Waals surface area (Å²) in [6, 6.07) is 19.5.